The van der Waals surface area contributed by atoms with E-state index in [1.807, 2.05) is 0 Å². The van der Waals surface area contributed by atoms with Crippen LogP contribution >= 0.6 is 19.9 Å². The molecule has 0 aliphatic heterocycles. The minimum atomic E-state index is -1.02. The summed E-state index contributed by atoms with van der Waals surface area (Å²) in [5.74, 6) is 1.03. The molecule has 0 bridgehead atoms. The third-order valence-electron chi connectivity index (χ3n) is 2.31. The van der Waals surface area contributed by atoms with E-state index in [1.54, 1.807) is 0 Å². The van der Waals surface area contributed by atoms with E-state index in [0.717, 1.165) is 12.2 Å². The molecular weight excluding hydrogens is 202 g/mol. The SMILES string of the molecule is CC(C)S(Cl)(CCCC#N)C(C)C. The van der Waals surface area contributed by atoms with Crippen molar-refractivity contribution in [2.24, 2.45) is 0 Å². The molecule has 0 saturated heterocycles. The highest BCUT2D eigenvalue weighted by atomic mass is 35.7. The molecule has 0 atom stereocenters. The van der Waals surface area contributed by atoms with Gasteiger partial charge in [-0.25, -0.2) is 0 Å². The van der Waals surface area contributed by atoms with Crippen LogP contribution in [0.1, 0.15) is 40.5 Å². The lowest BCUT2D eigenvalue weighted by atomic mass is 10.4. The zero-order valence-corrected chi connectivity index (χ0v) is 10.6. The molecule has 0 aliphatic carbocycles. The standard InChI is InChI=1S/C10H20ClNS/c1-9(2)13(11,10(3)4)8-6-5-7-12/h9-10H,5-6,8H2,1-4H3. The Kier molecular flexibility index (Phi) is 5.83. The van der Waals surface area contributed by atoms with E-state index in [4.69, 9.17) is 15.9 Å². The lowest BCUT2D eigenvalue weighted by Gasteiger charge is -2.41. The van der Waals surface area contributed by atoms with Crippen LogP contribution in [0.5, 0.6) is 0 Å². The summed E-state index contributed by atoms with van der Waals surface area (Å²) in [6.45, 7) is 8.76. The molecule has 0 heterocycles. The number of hydrogen-bond donors (Lipinski definition) is 0. The summed E-state index contributed by atoms with van der Waals surface area (Å²) in [6.07, 6.45) is 1.59. The first-order valence-corrected chi connectivity index (χ1v) is 7.56. The van der Waals surface area contributed by atoms with Crippen LogP contribution in [-0.2, 0) is 0 Å². The van der Waals surface area contributed by atoms with E-state index in [2.05, 4.69) is 33.8 Å². The van der Waals surface area contributed by atoms with Gasteiger partial charge in [-0.05, 0) is 22.7 Å². The molecule has 0 aromatic heterocycles. The lowest BCUT2D eigenvalue weighted by Crippen LogP contribution is -2.18. The number of halogens is 1. The Bertz CT molecular complexity index is 176. The zero-order chi connectivity index (χ0) is 10.5. The number of hydrogen-bond acceptors (Lipinski definition) is 1. The minimum Gasteiger partial charge on any atom is -0.198 e. The first-order valence-electron chi connectivity index (χ1n) is 4.80. The third kappa shape index (κ3) is 3.79. The van der Waals surface area contributed by atoms with Gasteiger partial charge in [0.1, 0.15) is 0 Å². The molecule has 78 valence electrons. The van der Waals surface area contributed by atoms with Crippen molar-refractivity contribution in [3.63, 3.8) is 0 Å². The Morgan fingerprint density at radius 1 is 1.23 bits per heavy atom. The largest absolute Gasteiger partial charge is 0.198 e. The average molecular weight is 222 g/mol. The Morgan fingerprint density at radius 2 is 1.69 bits per heavy atom. The summed E-state index contributed by atoms with van der Waals surface area (Å²) < 4.78 is 0. The molecule has 0 radical (unpaired) electrons. The van der Waals surface area contributed by atoms with Crippen molar-refractivity contribution in [1.29, 1.82) is 5.26 Å². The molecule has 1 nitrogen and oxygen atoms in total. The highest BCUT2D eigenvalue weighted by Gasteiger charge is 2.28. The molecule has 0 amide bonds. The van der Waals surface area contributed by atoms with E-state index >= 15 is 0 Å². The Balaban J connectivity index is 4.19. The molecule has 0 N–H and O–H groups in total. The monoisotopic (exact) mass is 221 g/mol. The van der Waals surface area contributed by atoms with Gasteiger partial charge in [0.2, 0.25) is 0 Å². The van der Waals surface area contributed by atoms with Crippen molar-refractivity contribution >= 4 is 19.9 Å². The number of rotatable bonds is 5. The van der Waals surface area contributed by atoms with Crippen LogP contribution in [-0.4, -0.2) is 16.3 Å². The second-order valence-electron chi connectivity index (χ2n) is 3.82. The van der Waals surface area contributed by atoms with Crippen LogP contribution in [0.2, 0.25) is 0 Å². The van der Waals surface area contributed by atoms with Crippen molar-refractivity contribution in [1.82, 2.24) is 0 Å². The number of unbranched alkanes of at least 4 members (excludes halogenated alkanes) is 1. The molecule has 13 heavy (non-hydrogen) atoms. The maximum atomic E-state index is 8.46. The second kappa shape index (κ2) is 5.78. The topological polar surface area (TPSA) is 23.8 Å². The first kappa shape index (κ1) is 13.1. The third-order valence-corrected chi connectivity index (χ3v) is 8.96. The molecule has 0 rings (SSSR count). The minimum absolute atomic E-state index is 0.549. The van der Waals surface area contributed by atoms with Gasteiger partial charge in [-0.15, -0.1) is 0 Å². The van der Waals surface area contributed by atoms with E-state index in [1.165, 1.54) is 0 Å². The Labute approximate surface area is 88.3 Å². The fourth-order valence-electron chi connectivity index (χ4n) is 1.39. The summed E-state index contributed by atoms with van der Waals surface area (Å²) in [7, 11) is 5.60. The predicted octanol–water partition coefficient (Wildman–Crippen LogP) is 4.07. The maximum Gasteiger partial charge on any atom is 0.0622 e. The van der Waals surface area contributed by atoms with E-state index in [9.17, 15) is 0 Å². The van der Waals surface area contributed by atoms with Gasteiger partial charge in [0.15, 0.2) is 0 Å². The summed E-state index contributed by atoms with van der Waals surface area (Å²) in [5.41, 5.74) is 0. The van der Waals surface area contributed by atoms with Crippen LogP contribution in [0.15, 0.2) is 0 Å². The second-order valence-corrected chi connectivity index (χ2v) is 9.35. The van der Waals surface area contributed by atoms with Crippen LogP contribution in [0.3, 0.4) is 0 Å². The molecule has 0 aromatic carbocycles. The molecule has 0 fully saturated rings. The van der Waals surface area contributed by atoms with Crippen molar-refractivity contribution in [2.75, 3.05) is 5.75 Å². The maximum absolute atomic E-state index is 8.46. The lowest BCUT2D eigenvalue weighted by molar-refractivity contribution is 0.941. The smallest absolute Gasteiger partial charge is 0.0622 e. The van der Waals surface area contributed by atoms with Crippen LogP contribution in [0.4, 0.5) is 0 Å². The average Bonchev–Trinajstić information content (AvgIpc) is 2.03. The Hall–Kier alpha value is 0.130. The van der Waals surface area contributed by atoms with Crippen LogP contribution < -0.4 is 0 Å². The number of nitrogens with zero attached hydrogens (tertiary/aromatic N) is 1. The summed E-state index contributed by atoms with van der Waals surface area (Å²) >= 11 is 0. The van der Waals surface area contributed by atoms with Gasteiger partial charge >= 0.3 is 0 Å². The fraction of sp³-hybridized carbons (Fsp3) is 0.900. The first-order chi connectivity index (χ1) is 5.95. The van der Waals surface area contributed by atoms with Crippen LogP contribution in [0.25, 0.3) is 0 Å². The number of nitriles is 1. The van der Waals surface area contributed by atoms with Gasteiger partial charge in [-0.3, -0.25) is 0 Å². The highest BCUT2D eigenvalue weighted by molar-refractivity contribution is 8.51. The normalized spacial score (nSPS) is 13.4. The van der Waals surface area contributed by atoms with E-state index in [-0.39, 0.29) is 0 Å². The van der Waals surface area contributed by atoms with Gasteiger partial charge in [0.25, 0.3) is 0 Å². The zero-order valence-electron chi connectivity index (χ0n) is 9.01. The van der Waals surface area contributed by atoms with Gasteiger partial charge in [0, 0.05) is 6.42 Å². The molecule has 0 saturated carbocycles. The molecule has 0 aliphatic rings. The van der Waals surface area contributed by atoms with Gasteiger partial charge < -0.3 is 0 Å². The van der Waals surface area contributed by atoms with Gasteiger partial charge in [-0.2, -0.15) is 14.5 Å². The molecule has 0 aromatic rings. The molecular formula is C10H20ClNS. The van der Waals surface area contributed by atoms with E-state index < -0.39 is 9.24 Å². The molecule has 0 unspecified atom stereocenters. The molecule has 0 spiro atoms. The summed E-state index contributed by atoms with van der Waals surface area (Å²) in [5, 5.41) is 9.55. The summed E-state index contributed by atoms with van der Waals surface area (Å²) in [6, 6.07) is 2.17. The van der Waals surface area contributed by atoms with Gasteiger partial charge in [0.05, 0.1) is 6.07 Å². The quantitative estimate of drug-likeness (QED) is 0.643. The Morgan fingerprint density at radius 3 is 2.00 bits per heavy atom. The van der Waals surface area contributed by atoms with E-state index in [0.29, 0.717) is 16.9 Å². The van der Waals surface area contributed by atoms with Crippen molar-refractivity contribution in [2.45, 2.75) is 51.0 Å². The summed E-state index contributed by atoms with van der Waals surface area (Å²) in [4.78, 5) is 0. The van der Waals surface area contributed by atoms with Crippen molar-refractivity contribution in [3.05, 3.63) is 0 Å². The molecule has 3 heteroatoms. The van der Waals surface area contributed by atoms with Crippen molar-refractivity contribution in [3.8, 4) is 6.07 Å². The van der Waals surface area contributed by atoms with Gasteiger partial charge in [-0.1, -0.05) is 38.4 Å². The fourth-order valence-corrected chi connectivity index (χ4v) is 4.33. The van der Waals surface area contributed by atoms with Crippen molar-refractivity contribution < 1.29 is 0 Å². The highest BCUT2D eigenvalue weighted by Crippen LogP contribution is 2.61. The predicted molar refractivity (Wildman–Crippen MR) is 63.4 cm³/mol. The van der Waals surface area contributed by atoms with Crippen LogP contribution in [0, 0.1) is 11.3 Å².